The summed E-state index contributed by atoms with van der Waals surface area (Å²) in [5.41, 5.74) is 1.41. The molecule has 0 atom stereocenters. The predicted molar refractivity (Wildman–Crippen MR) is 89.3 cm³/mol. The number of aromatic nitrogens is 1. The topological polar surface area (TPSA) is 55.1 Å². The molecular weight excluding hydrogens is 320 g/mol. The first-order chi connectivity index (χ1) is 10.6. The van der Waals surface area contributed by atoms with Gasteiger partial charge in [-0.05, 0) is 49.8 Å². The fourth-order valence-electron chi connectivity index (χ4n) is 2.74. The van der Waals surface area contributed by atoms with Crippen molar-refractivity contribution in [1.29, 1.82) is 0 Å². The van der Waals surface area contributed by atoms with Crippen LogP contribution in [0.4, 0.5) is 0 Å². The molecule has 0 saturated heterocycles. The number of halogens is 1. The summed E-state index contributed by atoms with van der Waals surface area (Å²) >= 11 is 7.24. The smallest absolute Gasteiger partial charge is 0.257 e. The number of carbonyl (C=O) groups is 1. The largest absolute Gasteiger partial charge is 0.431 e. The van der Waals surface area contributed by atoms with Crippen molar-refractivity contribution in [1.82, 2.24) is 10.3 Å². The molecular formula is C16H19ClN2O2S. The lowest BCUT2D eigenvalue weighted by Gasteiger charge is -2.26. The summed E-state index contributed by atoms with van der Waals surface area (Å²) in [6, 6.07) is 5.64. The van der Waals surface area contributed by atoms with Crippen LogP contribution in [0.3, 0.4) is 0 Å². The van der Waals surface area contributed by atoms with Gasteiger partial charge in [-0.15, -0.1) is 0 Å². The molecule has 0 aliphatic heterocycles. The van der Waals surface area contributed by atoms with Gasteiger partial charge in [-0.3, -0.25) is 4.79 Å². The average molecular weight is 339 g/mol. The fourth-order valence-corrected chi connectivity index (χ4v) is 3.56. The van der Waals surface area contributed by atoms with Crippen LogP contribution in [0.15, 0.2) is 27.8 Å². The Labute approximate surface area is 139 Å². The summed E-state index contributed by atoms with van der Waals surface area (Å²) in [7, 11) is 0. The van der Waals surface area contributed by atoms with Gasteiger partial charge in [0.2, 0.25) is 5.91 Å². The number of nitrogens with one attached hydrogen (secondary N) is 1. The van der Waals surface area contributed by atoms with Crippen LogP contribution in [-0.2, 0) is 4.79 Å². The van der Waals surface area contributed by atoms with Crippen molar-refractivity contribution in [3.8, 4) is 0 Å². The maximum absolute atomic E-state index is 12.0. The fraction of sp³-hybridized carbons (Fsp3) is 0.500. The molecule has 118 valence electrons. The monoisotopic (exact) mass is 338 g/mol. The number of hydrogen-bond acceptors (Lipinski definition) is 4. The van der Waals surface area contributed by atoms with Gasteiger partial charge in [0.25, 0.3) is 5.22 Å². The van der Waals surface area contributed by atoms with E-state index < -0.39 is 0 Å². The molecule has 1 N–H and O–H groups in total. The lowest BCUT2D eigenvalue weighted by Crippen LogP contribution is -2.38. The van der Waals surface area contributed by atoms with Crippen molar-refractivity contribution in [3.63, 3.8) is 0 Å². The van der Waals surface area contributed by atoms with Crippen LogP contribution in [0.2, 0.25) is 5.02 Å². The highest BCUT2D eigenvalue weighted by Crippen LogP contribution is 2.26. The predicted octanol–water partition coefficient (Wildman–Crippen LogP) is 4.27. The van der Waals surface area contributed by atoms with Gasteiger partial charge in [0.05, 0.1) is 5.75 Å². The molecule has 0 spiro atoms. The summed E-state index contributed by atoms with van der Waals surface area (Å²) in [6.07, 6.45) is 4.56. The molecule has 1 amide bonds. The number of amides is 1. The third-order valence-electron chi connectivity index (χ3n) is 4.04. The molecule has 1 heterocycles. The Morgan fingerprint density at radius 2 is 2.18 bits per heavy atom. The molecule has 1 aromatic carbocycles. The van der Waals surface area contributed by atoms with Crippen molar-refractivity contribution in [2.45, 2.75) is 43.9 Å². The molecule has 3 rings (SSSR count). The second-order valence-corrected chi connectivity index (χ2v) is 7.27. The average Bonchev–Trinajstić information content (AvgIpc) is 2.89. The van der Waals surface area contributed by atoms with Crippen LogP contribution in [0.25, 0.3) is 11.1 Å². The lowest BCUT2D eigenvalue weighted by atomic mass is 9.87. The van der Waals surface area contributed by atoms with E-state index >= 15 is 0 Å². The molecule has 0 unspecified atom stereocenters. The quantitative estimate of drug-likeness (QED) is 0.846. The van der Waals surface area contributed by atoms with Crippen molar-refractivity contribution < 1.29 is 9.21 Å². The Bertz CT molecular complexity index is 665. The van der Waals surface area contributed by atoms with Gasteiger partial charge in [0.15, 0.2) is 5.58 Å². The lowest BCUT2D eigenvalue weighted by molar-refractivity contribution is -0.119. The van der Waals surface area contributed by atoms with E-state index in [2.05, 4.69) is 17.2 Å². The number of fused-ring (bicyclic) bond motifs is 1. The molecule has 1 aliphatic rings. The van der Waals surface area contributed by atoms with Crippen LogP contribution >= 0.6 is 23.4 Å². The van der Waals surface area contributed by atoms with Crippen molar-refractivity contribution in [2.24, 2.45) is 5.92 Å². The van der Waals surface area contributed by atoms with Gasteiger partial charge in [-0.25, -0.2) is 4.98 Å². The third-order valence-corrected chi connectivity index (χ3v) is 5.10. The normalized spacial score (nSPS) is 21.9. The van der Waals surface area contributed by atoms with Gasteiger partial charge in [-0.1, -0.05) is 30.3 Å². The van der Waals surface area contributed by atoms with Gasteiger partial charge < -0.3 is 9.73 Å². The molecule has 0 radical (unpaired) electrons. The Hall–Kier alpha value is -1.20. The molecule has 1 aliphatic carbocycles. The van der Waals surface area contributed by atoms with E-state index in [9.17, 15) is 4.79 Å². The highest BCUT2D eigenvalue weighted by atomic mass is 35.5. The first kappa shape index (κ1) is 15.7. The number of carbonyl (C=O) groups excluding carboxylic acids is 1. The van der Waals surface area contributed by atoms with E-state index in [-0.39, 0.29) is 5.91 Å². The minimum atomic E-state index is 0.0461. The SMILES string of the molecule is CC1CCC(NC(=O)CSc2nc3cc(Cl)ccc3o2)CC1. The first-order valence-corrected chi connectivity index (χ1v) is 8.95. The van der Waals surface area contributed by atoms with E-state index in [1.807, 2.05) is 0 Å². The van der Waals surface area contributed by atoms with Crippen molar-refractivity contribution in [2.75, 3.05) is 5.75 Å². The van der Waals surface area contributed by atoms with Crippen molar-refractivity contribution in [3.05, 3.63) is 23.2 Å². The molecule has 0 bridgehead atoms. The molecule has 22 heavy (non-hydrogen) atoms. The highest BCUT2D eigenvalue weighted by Gasteiger charge is 2.20. The Balaban J connectivity index is 1.51. The Morgan fingerprint density at radius 3 is 2.95 bits per heavy atom. The maximum Gasteiger partial charge on any atom is 0.257 e. The first-order valence-electron chi connectivity index (χ1n) is 7.58. The van der Waals surface area contributed by atoms with Gasteiger partial charge in [0.1, 0.15) is 5.52 Å². The third kappa shape index (κ3) is 3.96. The van der Waals surface area contributed by atoms with Crippen molar-refractivity contribution >= 4 is 40.4 Å². The van der Waals surface area contributed by atoms with Crippen LogP contribution in [-0.4, -0.2) is 22.7 Å². The summed E-state index contributed by atoms with van der Waals surface area (Å²) in [5.74, 6) is 1.16. The van der Waals surface area contributed by atoms with Gasteiger partial charge in [-0.2, -0.15) is 0 Å². The number of oxazole rings is 1. The summed E-state index contributed by atoms with van der Waals surface area (Å²) < 4.78 is 5.59. The molecule has 1 aromatic heterocycles. The summed E-state index contributed by atoms with van der Waals surface area (Å²) in [6.45, 7) is 2.27. The highest BCUT2D eigenvalue weighted by molar-refractivity contribution is 7.99. The van der Waals surface area contributed by atoms with E-state index in [0.717, 1.165) is 24.3 Å². The van der Waals surface area contributed by atoms with Crippen LogP contribution in [0, 0.1) is 5.92 Å². The van der Waals surface area contributed by atoms with E-state index in [0.29, 0.717) is 27.6 Å². The zero-order valence-corrected chi connectivity index (χ0v) is 14.0. The number of rotatable bonds is 4. The molecule has 1 saturated carbocycles. The Morgan fingerprint density at radius 1 is 1.41 bits per heavy atom. The second kappa shape index (κ2) is 6.92. The van der Waals surface area contributed by atoms with Gasteiger partial charge >= 0.3 is 0 Å². The summed E-state index contributed by atoms with van der Waals surface area (Å²) in [4.78, 5) is 16.3. The molecule has 1 fully saturated rings. The molecule has 2 aromatic rings. The standard InChI is InChI=1S/C16H19ClN2O2S/c1-10-2-5-12(6-3-10)18-15(20)9-22-16-19-13-8-11(17)4-7-14(13)21-16/h4,7-8,10,12H,2-3,5-6,9H2,1H3,(H,18,20). The minimum Gasteiger partial charge on any atom is -0.431 e. The molecule has 4 nitrogen and oxygen atoms in total. The second-order valence-electron chi connectivity index (χ2n) is 5.90. The Kier molecular flexibility index (Phi) is 4.93. The van der Waals surface area contributed by atoms with E-state index in [4.69, 9.17) is 16.0 Å². The van der Waals surface area contributed by atoms with Crippen LogP contribution in [0.1, 0.15) is 32.6 Å². The van der Waals surface area contributed by atoms with Crippen LogP contribution in [0.5, 0.6) is 0 Å². The number of nitrogens with zero attached hydrogens (tertiary/aromatic N) is 1. The van der Waals surface area contributed by atoms with E-state index in [1.165, 1.54) is 24.6 Å². The number of benzene rings is 1. The zero-order chi connectivity index (χ0) is 15.5. The minimum absolute atomic E-state index is 0.0461. The summed E-state index contributed by atoms with van der Waals surface area (Å²) in [5, 5.41) is 4.23. The van der Waals surface area contributed by atoms with E-state index in [1.54, 1.807) is 18.2 Å². The number of hydrogen-bond donors (Lipinski definition) is 1. The van der Waals surface area contributed by atoms with Gasteiger partial charge in [0, 0.05) is 11.1 Å². The zero-order valence-electron chi connectivity index (χ0n) is 12.5. The van der Waals surface area contributed by atoms with Crippen LogP contribution < -0.4 is 5.32 Å². The molecule has 6 heteroatoms. The number of thioether (sulfide) groups is 1. The maximum atomic E-state index is 12.0.